The van der Waals surface area contributed by atoms with Crippen LogP contribution in [0, 0.1) is 41.0 Å². The fourth-order valence-electron chi connectivity index (χ4n) is 0. The molecule has 0 amide bonds. The van der Waals surface area contributed by atoms with E-state index in [2.05, 4.69) is 0 Å². The molecule has 0 rings (SSSR count). The van der Waals surface area contributed by atoms with Crippen molar-refractivity contribution in [2.45, 2.75) is 27.7 Å². The molecule has 0 spiro atoms. The Morgan fingerprint density at radius 1 is 0.375 bits per heavy atom. The number of rotatable bonds is 0. The predicted molar refractivity (Wildman–Crippen MR) is 67.8 cm³/mol. The van der Waals surface area contributed by atoms with Crippen molar-refractivity contribution in [3.05, 3.63) is 0 Å². The van der Waals surface area contributed by atoms with Gasteiger partial charge in [-0.3, -0.25) is 0 Å². The summed E-state index contributed by atoms with van der Waals surface area (Å²) in [6.07, 6.45) is 0. The highest BCUT2D eigenvalue weighted by Crippen LogP contribution is 1.62. The maximum atomic E-state index is 8.60. The molecule has 0 aliphatic carbocycles. The summed E-state index contributed by atoms with van der Waals surface area (Å²) in [4.78, 5) is 0. The van der Waals surface area contributed by atoms with Crippen LogP contribution in [-0.4, -0.2) is 44.8 Å². The molecule has 32 heavy (non-hydrogen) atoms. The van der Waals surface area contributed by atoms with E-state index in [4.69, 9.17) is 97.5 Å². The highest BCUT2D eigenvalue weighted by atomic mass is 35.7. The molecule has 0 aromatic carbocycles. The Kier molecular flexibility index (Phi) is 60.2. The molecular formula is C8H32Cl4N4O16. The molecule has 0 aliphatic rings. The van der Waals surface area contributed by atoms with Crippen molar-refractivity contribution in [3.63, 3.8) is 0 Å². The van der Waals surface area contributed by atoms with Gasteiger partial charge in [-0.25, -0.2) is 0 Å². The Bertz CT molecular complexity index is 207. The zero-order chi connectivity index (χ0) is 28.8. The van der Waals surface area contributed by atoms with Gasteiger partial charge in [-0.2, -0.15) is 55.9 Å². The van der Waals surface area contributed by atoms with Gasteiger partial charge in [-0.1, -0.05) is 27.7 Å². The molecule has 0 aromatic rings. The molecule has 12 N–H and O–H groups in total. The number of hydrogen-bond donors (Lipinski definition) is 8. The quantitative estimate of drug-likeness (QED) is 0.131. The van der Waals surface area contributed by atoms with E-state index in [0.717, 1.165) is 26.2 Å². The van der Waals surface area contributed by atoms with E-state index >= 15 is 0 Å². The first kappa shape index (κ1) is 53.6. The molecule has 0 unspecified atom stereocenters. The summed E-state index contributed by atoms with van der Waals surface area (Å²) in [5, 5.41) is 0. The van der Waals surface area contributed by atoms with Crippen LogP contribution < -0.4 is 78.8 Å². The molecule has 0 fully saturated rings. The highest BCUT2D eigenvalue weighted by molar-refractivity contribution is 4.01. The van der Waals surface area contributed by atoms with E-state index < -0.39 is 41.0 Å². The van der Waals surface area contributed by atoms with Crippen LogP contribution in [0.2, 0.25) is 0 Å². The maximum Gasteiger partial charge on any atom is 0.0777 e. The van der Waals surface area contributed by atoms with Crippen molar-refractivity contribution in [1.82, 2.24) is 0 Å². The molecule has 0 atom stereocenters. The third kappa shape index (κ3) is 202000. The minimum atomic E-state index is -4.69. The van der Waals surface area contributed by atoms with Gasteiger partial charge >= 0.3 is 0 Å². The molecule has 0 aromatic heterocycles. The van der Waals surface area contributed by atoms with Crippen molar-refractivity contribution in [1.29, 1.82) is 0 Å². The molecule has 0 heterocycles. The highest BCUT2D eigenvalue weighted by Gasteiger charge is 2.00. The van der Waals surface area contributed by atoms with E-state index in [1.807, 2.05) is 27.7 Å². The van der Waals surface area contributed by atoms with Crippen molar-refractivity contribution in [2.24, 2.45) is 22.9 Å². The summed E-state index contributed by atoms with van der Waals surface area (Å²) in [5.74, 6) is 0. The lowest BCUT2D eigenvalue weighted by atomic mass is 10.8. The topological polar surface area (TPSA) is 462 Å². The van der Waals surface area contributed by atoms with Crippen molar-refractivity contribution in [3.8, 4) is 0 Å². The summed E-state index contributed by atoms with van der Waals surface area (Å²) in [6.45, 7) is 10.6. The van der Waals surface area contributed by atoms with E-state index in [0.29, 0.717) is 0 Å². The van der Waals surface area contributed by atoms with Crippen molar-refractivity contribution < 1.29 is 116 Å². The van der Waals surface area contributed by atoms with E-state index in [-0.39, 0.29) is 0 Å². The van der Waals surface area contributed by atoms with Crippen LogP contribution in [0.25, 0.3) is 0 Å². The molecular weight excluding hydrogens is 550 g/mol. The van der Waals surface area contributed by atoms with Crippen LogP contribution in [0.5, 0.6) is 0 Å². The Hall–Kier alpha value is 0.360. The molecule has 20 nitrogen and oxygen atoms in total. The molecule has 0 saturated carbocycles. The Morgan fingerprint density at radius 3 is 0.375 bits per heavy atom. The summed E-state index contributed by atoms with van der Waals surface area (Å²) in [7, 11) is -18.8. The standard InChI is InChI=1S/4C2H7N.4ClHO4/c4*1-2-3;4*2-1(3,4)5/h4*2-3H2,1H3;4*(H,2,3,4,5). The van der Waals surface area contributed by atoms with E-state index in [1.54, 1.807) is 0 Å². The van der Waals surface area contributed by atoms with Crippen molar-refractivity contribution >= 4 is 0 Å². The zero-order valence-electron chi connectivity index (χ0n) is 17.3. The average Bonchev–Trinajstić information content (AvgIpc) is 2.32. The van der Waals surface area contributed by atoms with Gasteiger partial charge in [0.15, 0.2) is 0 Å². The lowest BCUT2D eigenvalue weighted by Crippen LogP contribution is -2.58. The third-order valence-electron chi connectivity index (χ3n) is 0. The van der Waals surface area contributed by atoms with Crippen LogP contribution in [-0.2, 0) is 0 Å². The fraction of sp³-hybridized carbons (Fsp3) is 1.00. The second kappa shape index (κ2) is 35.9. The fourth-order valence-corrected chi connectivity index (χ4v) is 0. The van der Waals surface area contributed by atoms with E-state index in [1.165, 1.54) is 0 Å². The van der Waals surface area contributed by atoms with Crippen LogP contribution in [0.4, 0.5) is 0 Å². The van der Waals surface area contributed by atoms with Gasteiger partial charge in [0.2, 0.25) is 0 Å². The first-order valence-electron chi connectivity index (χ1n) is 6.99. The van der Waals surface area contributed by atoms with Gasteiger partial charge in [0, 0.05) is 0 Å². The van der Waals surface area contributed by atoms with Gasteiger partial charge in [-0.05, 0) is 26.2 Å². The molecule has 0 bridgehead atoms. The van der Waals surface area contributed by atoms with Gasteiger partial charge in [-0.15, -0.1) is 0 Å². The molecule has 24 heteroatoms. The van der Waals surface area contributed by atoms with Gasteiger partial charge < -0.3 is 22.9 Å². The lowest BCUT2D eigenvalue weighted by molar-refractivity contribution is -1.92. The van der Waals surface area contributed by atoms with Crippen LogP contribution >= 0.6 is 0 Å². The molecule has 0 saturated heterocycles. The van der Waals surface area contributed by atoms with Gasteiger partial charge in [0.25, 0.3) is 0 Å². The lowest BCUT2D eigenvalue weighted by Gasteiger charge is -2.03. The summed E-state index contributed by atoms with van der Waals surface area (Å²) < 4.78 is 131. The second-order valence-corrected chi connectivity index (χ2v) is 6.39. The molecule has 0 radical (unpaired) electrons. The number of halogens is 4. The minimum absolute atomic E-state index is 0.750. The summed E-state index contributed by atoms with van der Waals surface area (Å²) in [6, 6.07) is 0. The average molecular weight is 582 g/mol. The summed E-state index contributed by atoms with van der Waals surface area (Å²) >= 11 is 0. The Morgan fingerprint density at radius 2 is 0.375 bits per heavy atom. The van der Waals surface area contributed by atoms with Crippen molar-refractivity contribution in [2.75, 3.05) is 26.2 Å². The smallest absolute Gasteiger partial charge is 0.0777 e. The Balaban J connectivity index is -0.0000000347. The zero-order valence-corrected chi connectivity index (χ0v) is 20.4. The first-order chi connectivity index (χ1) is 13.7. The number of nitrogens with two attached hydrogens (primary N) is 4. The van der Waals surface area contributed by atoms with E-state index in [9.17, 15) is 0 Å². The Labute approximate surface area is 192 Å². The van der Waals surface area contributed by atoms with Gasteiger partial charge in [0.05, 0.1) is 59.6 Å². The molecule has 208 valence electrons. The van der Waals surface area contributed by atoms with Crippen LogP contribution in [0.1, 0.15) is 27.7 Å². The molecule has 0 aliphatic heterocycles. The number of hydrogen-bond acceptors (Lipinski definition) is 20. The maximum absolute atomic E-state index is 8.60. The SMILES string of the molecule is CCN.CCN.CCN.CCN.[O-][Cl+3]([O-])([O-])O.[O-][Cl+3]([O-])([O-])O.[O-][Cl+3]([O-])([O-])O.[O-][Cl+3]([O-])([O-])O. The van der Waals surface area contributed by atoms with Crippen LogP contribution in [0.15, 0.2) is 0 Å². The van der Waals surface area contributed by atoms with Crippen LogP contribution in [0.3, 0.4) is 0 Å². The monoisotopic (exact) mass is 580 g/mol. The minimum Gasteiger partial charge on any atom is -0.331 e. The third-order valence-corrected chi connectivity index (χ3v) is 0. The first-order valence-corrected chi connectivity index (χ1v) is 12.0. The predicted octanol–water partition coefficient (Wildman–Crippen LogP) is -16.6. The van der Waals surface area contributed by atoms with Gasteiger partial charge in [0.1, 0.15) is 0 Å². The normalized spacial score (nSPS) is 9.75. The largest absolute Gasteiger partial charge is 0.331 e. The summed E-state index contributed by atoms with van der Waals surface area (Å²) in [5.41, 5.74) is 19.4. The second-order valence-electron chi connectivity index (χ2n) is 3.22.